The van der Waals surface area contributed by atoms with Gasteiger partial charge in [0.2, 0.25) is 10.0 Å². The summed E-state index contributed by atoms with van der Waals surface area (Å²) < 4.78 is 27.4. The van der Waals surface area contributed by atoms with E-state index in [1.807, 2.05) is 18.2 Å². The largest absolute Gasteiger partial charge is 0.261 e. The molecule has 0 aliphatic heterocycles. The Labute approximate surface area is 145 Å². The summed E-state index contributed by atoms with van der Waals surface area (Å²) in [5, 5.41) is 0.711. The van der Waals surface area contributed by atoms with Gasteiger partial charge >= 0.3 is 0 Å². The fourth-order valence-corrected chi connectivity index (χ4v) is 4.49. The van der Waals surface area contributed by atoms with Crippen LogP contribution in [0.25, 0.3) is 0 Å². The molecule has 1 heterocycles. The number of nitrogens with zero attached hydrogens (tertiary/aromatic N) is 1. The van der Waals surface area contributed by atoms with Gasteiger partial charge in [-0.1, -0.05) is 35.3 Å². The third-order valence-electron chi connectivity index (χ3n) is 4.09. The number of hydrogen-bond donors (Lipinski definition) is 1. The normalized spacial score (nSPS) is 16.3. The maximum atomic E-state index is 12.4. The fourth-order valence-electron chi connectivity index (χ4n) is 2.51. The van der Waals surface area contributed by atoms with Crippen molar-refractivity contribution in [1.29, 1.82) is 0 Å². The van der Waals surface area contributed by atoms with Crippen molar-refractivity contribution in [1.82, 2.24) is 9.71 Å². The molecule has 0 spiro atoms. The molecule has 1 saturated carbocycles. The van der Waals surface area contributed by atoms with Gasteiger partial charge in [-0.2, -0.15) is 0 Å². The Kier molecular flexibility index (Phi) is 4.65. The summed E-state index contributed by atoms with van der Waals surface area (Å²) in [7, 11) is -3.53. The molecule has 0 radical (unpaired) electrons. The van der Waals surface area contributed by atoms with Crippen molar-refractivity contribution in [3.63, 3.8) is 0 Å². The van der Waals surface area contributed by atoms with Crippen LogP contribution in [-0.4, -0.2) is 19.9 Å². The summed E-state index contributed by atoms with van der Waals surface area (Å²) >= 11 is 12.1. The van der Waals surface area contributed by atoms with Crippen LogP contribution in [0.4, 0.5) is 0 Å². The predicted octanol–water partition coefficient (Wildman–Crippen LogP) is 3.54. The molecular formula is C16H16Cl2N2O2S. The van der Waals surface area contributed by atoms with Gasteiger partial charge < -0.3 is 0 Å². The molecule has 1 aromatic carbocycles. The van der Waals surface area contributed by atoms with Gasteiger partial charge in [0, 0.05) is 39.5 Å². The van der Waals surface area contributed by atoms with Crippen LogP contribution < -0.4 is 4.72 Å². The molecule has 1 N–H and O–H groups in total. The molecule has 0 amide bonds. The van der Waals surface area contributed by atoms with Crippen LogP contribution in [0.5, 0.6) is 0 Å². The van der Waals surface area contributed by atoms with E-state index < -0.39 is 10.0 Å². The van der Waals surface area contributed by atoms with Gasteiger partial charge in [0.25, 0.3) is 0 Å². The highest BCUT2D eigenvalue weighted by molar-refractivity contribution is 7.88. The van der Waals surface area contributed by atoms with E-state index in [9.17, 15) is 8.42 Å². The minimum atomic E-state index is -3.53. The van der Waals surface area contributed by atoms with Crippen molar-refractivity contribution in [3.8, 4) is 0 Å². The average molecular weight is 371 g/mol. The van der Waals surface area contributed by atoms with Gasteiger partial charge in [0.1, 0.15) is 0 Å². The maximum absolute atomic E-state index is 12.4. The van der Waals surface area contributed by atoms with E-state index in [0.29, 0.717) is 22.2 Å². The molecule has 0 atom stereocenters. The molecule has 4 nitrogen and oxygen atoms in total. The third-order valence-corrected chi connectivity index (χ3v) is 6.05. The van der Waals surface area contributed by atoms with Crippen LogP contribution in [0.1, 0.15) is 24.1 Å². The molecule has 1 aliphatic rings. The zero-order valence-corrected chi connectivity index (χ0v) is 14.6. The Morgan fingerprint density at radius 2 is 1.78 bits per heavy atom. The van der Waals surface area contributed by atoms with Gasteiger partial charge in [-0.05, 0) is 37.1 Å². The first kappa shape index (κ1) is 16.7. The van der Waals surface area contributed by atoms with Crippen molar-refractivity contribution in [2.45, 2.75) is 24.0 Å². The summed E-state index contributed by atoms with van der Waals surface area (Å²) in [4.78, 5) is 4.35. The highest BCUT2D eigenvalue weighted by Gasteiger charge is 2.46. The first-order valence-corrected chi connectivity index (χ1v) is 9.64. The van der Waals surface area contributed by atoms with Crippen LogP contribution >= 0.6 is 23.2 Å². The summed E-state index contributed by atoms with van der Waals surface area (Å²) in [5.74, 6) is -0.232. The molecule has 1 fully saturated rings. The number of benzene rings is 1. The van der Waals surface area contributed by atoms with Crippen molar-refractivity contribution >= 4 is 33.2 Å². The van der Waals surface area contributed by atoms with Gasteiger partial charge in [0.05, 0.1) is 5.75 Å². The molecule has 7 heteroatoms. The summed E-state index contributed by atoms with van der Waals surface area (Å²) in [6, 6.07) is 10.7. The van der Waals surface area contributed by atoms with E-state index >= 15 is 0 Å². The SMILES string of the molecule is O=S(=O)(Cc1c(Cl)cccc1Cl)NCC1(c2ccccn2)CC1. The molecular weight excluding hydrogens is 355 g/mol. The number of aromatic nitrogens is 1. The minimum absolute atomic E-state index is 0.182. The van der Waals surface area contributed by atoms with Gasteiger partial charge in [-0.15, -0.1) is 0 Å². The van der Waals surface area contributed by atoms with E-state index in [2.05, 4.69) is 9.71 Å². The Morgan fingerprint density at radius 3 is 2.35 bits per heavy atom. The molecule has 1 aromatic heterocycles. The van der Waals surface area contributed by atoms with E-state index in [4.69, 9.17) is 23.2 Å². The summed E-state index contributed by atoms with van der Waals surface area (Å²) in [6.07, 6.45) is 3.59. The Balaban J connectivity index is 1.71. The Morgan fingerprint density at radius 1 is 1.09 bits per heavy atom. The number of hydrogen-bond acceptors (Lipinski definition) is 3. The second-order valence-electron chi connectivity index (χ2n) is 5.78. The second kappa shape index (κ2) is 6.40. The van der Waals surface area contributed by atoms with Crippen LogP contribution in [0.15, 0.2) is 42.6 Å². The van der Waals surface area contributed by atoms with Crippen LogP contribution in [0.3, 0.4) is 0 Å². The Bertz CT molecular complexity index is 786. The van der Waals surface area contributed by atoms with E-state index in [1.54, 1.807) is 24.4 Å². The molecule has 122 valence electrons. The minimum Gasteiger partial charge on any atom is -0.261 e. The molecule has 23 heavy (non-hydrogen) atoms. The number of pyridine rings is 1. The van der Waals surface area contributed by atoms with Crippen LogP contribution in [0, 0.1) is 0 Å². The standard InChI is InChI=1S/C16H16Cl2N2O2S/c17-13-4-3-5-14(18)12(13)10-23(21,22)20-11-16(7-8-16)15-6-1-2-9-19-15/h1-6,9,20H,7-8,10-11H2. The lowest BCUT2D eigenvalue weighted by molar-refractivity contribution is 0.563. The molecule has 0 unspecified atom stereocenters. The van der Waals surface area contributed by atoms with Crippen LogP contribution in [0.2, 0.25) is 10.0 Å². The summed E-state index contributed by atoms with van der Waals surface area (Å²) in [5.41, 5.74) is 1.17. The van der Waals surface area contributed by atoms with Crippen LogP contribution in [-0.2, 0) is 21.2 Å². The summed E-state index contributed by atoms with van der Waals surface area (Å²) in [6.45, 7) is 0.342. The van der Waals surface area contributed by atoms with Crippen molar-refractivity contribution in [2.24, 2.45) is 0 Å². The molecule has 0 bridgehead atoms. The highest BCUT2D eigenvalue weighted by atomic mass is 35.5. The van der Waals surface area contributed by atoms with E-state index in [1.165, 1.54) is 0 Å². The Hall–Kier alpha value is -1.14. The molecule has 2 aromatic rings. The molecule has 0 saturated heterocycles. The lowest BCUT2D eigenvalue weighted by Crippen LogP contribution is -2.33. The molecule has 1 aliphatic carbocycles. The third kappa shape index (κ3) is 3.86. The first-order valence-electron chi connectivity index (χ1n) is 7.24. The van der Waals surface area contributed by atoms with Crippen molar-refractivity contribution in [3.05, 3.63) is 63.9 Å². The zero-order chi connectivity index (χ0) is 16.5. The number of sulfonamides is 1. The zero-order valence-electron chi connectivity index (χ0n) is 12.3. The monoisotopic (exact) mass is 370 g/mol. The predicted molar refractivity (Wildman–Crippen MR) is 92.2 cm³/mol. The second-order valence-corrected chi connectivity index (χ2v) is 8.40. The average Bonchev–Trinajstić information content (AvgIpc) is 3.32. The smallest absolute Gasteiger partial charge is 0.215 e. The fraction of sp³-hybridized carbons (Fsp3) is 0.312. The maximum Gasteiger partial charge on any atom is 0.215 e. The lowest BCUT2D eigenvalue weighted by atomic mass is 10.0. The van der Waals surface area contributed by atoms with Gasteiger partial charge in [-0.25, -0.2) is 13.1 Å². The highest BCUT2D eigenvalue weighted by Crippen LogP contribution is 2.46. The number of nitrogens with one attached hydrogen (secondary N) is 1. The van der Waals surface area contributed by atoms with Crippen molar-refractivity contribution in [2.75, 3.05) is 6.54 Å². The first-order chi connectivity index (χ1) is 10.9. The van der Waals surface area contributed by atoms with Gasteiger partial charge in [-0.3, -0.25) is 4.98 Å². The van der Waals surface area contributed by atoms with Crippen molar-refractivity contribution < 1.29 is 8.42 Å². The number of rotatable bonds is 6. The van der Waals surface area contributed by atoms with E-state index in [0.717, 1.165) is 18.5 Å². The number of halogens is 2. The molecule has 3 rings (SSSR count). The topological polar surface area (TPSA) is 59.1 Å². The quantitative estimate of drug-likeness (QED) is 0.845. The van der Waals surface area contributed by atoms with Gasteiger partial charge in [0.15, 0.2) is 0 Å². The lowest BCUT2D eigenvalue weighted by Gasteiger charge is -2.16. The van der Waals surface area contributed by atoms with E-state index in [-0.39, 0.29) is 11.2 Å².